The highest BCUT2D eigenvalue weighted by Crippen LogP contribution is 2.33. The second kappa shape index (κ2) is 5.82. The molecular weight excluding hydrogens is 278 g/mol. The van der Waals surface area contributed by atoms with Gasteiger partial charge in [0, 0.05) is 6.20 Å². The average Bonchev–Trinajstić information content (AvgIpc) is 2.47. The summed E-state index contributed by atoms with van der Waals surface area (Å²) in [5.74, 6) is 0.796. The number of aryl methyl sites for hydroxylation is 2. The molecule has 1 heterocycles. The SMILES string of the molecule is Cc1ccnc(NC2CCCc3ccccc32)c1C(N)=S. The van der Waals surface area contributed by atoms with Crippen LogP contribution in [-0.4, -0.2) is 9.97 Å². The lowest BCUT2D eigenvalue weighted by Crippen LogP contribution is -2.21. The minimum absolute atomic E-state index is 0.275. The van der Waals surface area contributed by atoms with Crippen LogP contribution in [0, 0.1) is 6.92 Å². The van der Waals surface area contributed by atoms with Crippen LogP contribution in [0.15, 0.2) is 36.5 Å². The van der Waals surface area contributed by atoms with E-state index in [0.29, 0.717) is 4.99 Å². The molecular formula is C17H19N3S. The highest BCUT2D eigenvalue weighted by Gasteiger charge is 2.21. The van der Waals surface area contributed by atoms with Crippen LogP contribution < -0.4 is 11.1 Å². The summed E-state index contributed by atoms with van der Waals surface area (Å²) in [5.41, 5.74) is 10.6. The number of hydrogen-bond acceptors (Lipinski definition) is 3. The van der Waals surface area contributed by atoms with Crippen LogP contribution in [0.25, 0.3) is 0 Å². The van der Waals surface area contributed by atoms with E-state index in [2.05, 4.69) is 34.6 Å². The standard InChI is InChI=1S/C17H19N3S/c1-11-9-10-19-17(15(11)16(18)21)20-14-8-4-6-12-5-2-3-7-13(12)14/h2-3,5,7,9-10,14H,4,6,8H2,1H3,(H2,18,21)(H,19,20). The first-order valence-corrected chi connectivity index (χ1v) is 7.67. The molecule has 1 aliphatic carbocycles. The van der Waals surface area contributed by atoms with Crippen molar-refractivity contribution >= 4 is 23.0 Å². The van der Waals surface area contributed by atoms with Crippen molar-refractivity contribution < 1.29 is 0 Å². The Labute approximate surface area is 130 Å². The van der Waals surface area contributed by atoms with Gasteiger partial charge in [0.15, 0.2) is 0 Å². The normalized spacial score (nSPS) is 17.1. The number of hydrogen-bond donors (Lipinski definition) is 2. The van der Waals surface area contributed by atoms with E-state index in [1.54, 1.807) is 6.20 Å². The molecule has 0 saturated carbocycles. The molecule has 0 radical (unpaired) electrons. The summed E-state index contributed by atoms with van der Waals surface area (Å²) in [5, 5.41) is 3.55. The lowest BCUT2D eigenvalue weighted by molar-refractivity contribution is 0.598. The number of aromatic nitrogens is 1. The Morgan fingerprint density at radius 2 is 2.14 bits per heavy atom. The molecule has 0 aliphatic heterocycles. The van der Waals surface area contributed by atoms with Crippen LogP contribution in [0.5, 0.6) is 0 Å². The number of nitrogens with one attached hydrogen (secondary N) is 1. The van der Waals surface area contributed by atoms with Gasteiger partial charge in [0.1, 0.15) is 10.8 Å². The van der Waals surface area contributed by atoms with Gasteiger partial charge in [-0.15, -0.1) is 0 Å². The summed E-state index contributed by atoms with van der Waals surface area (Å²) in [7, 11) is 0. The Hall–Kier alpha value is -1.94. The third-order valence-electron chi connectivity index (χ3n) is 4.09. The quantitative estimate of drug-likeness (QED) is 0.851. The summed E-state index contributed by atoms with van der Waals surface area (Å²) in [4.78, 5) is 4.84. The fourth-order valence-corrected chi connectivity index (χ4v) is 3.31. The number of thiocarbonyl (C=S) groups is 1. The van der Waals surface area contributed by atoms with Gasteiger partial charge in [0.25, 0.3) is 0 Å². The number of nitrogens with zero attached hydrogens (tertiary/aromatic N) is 1. The van der Waals surface area contributed by atoms with E-state index in [-0.39, 0.29) is 6.04 Å². The minimum Gasteiger partial charge on any atom is -0.389 e. The van der Waals surface area contributed by atoms with Crippen molar-refractivity contribution in [1.82, 2.24) is 4.98 Å². The van der Waals surface area contributed by atoms with Gasteiger partial charge in [-0.25, -0.2) is 4.98 Å². The highest BCUT2D eigenvalue weighted by molar-refractivity contribution is 7.80. The third-order valence-corrected chi connectivity index (χ3v) is 4.29. The maximum atomic E-state index is 5.87. The first-order valence-electron chi connectivity index (χ1n) is 7.26. The van der Waals surface area contributed by atoms with Crippen molar-refractivity contribution in [2.75, 3.05) is 5.32 Å². The second-order valence-electron chi connectivity index (χ2n) is 5.50. The van der Waals surface area contributed by atoms with Crippen LogP contribution in [-0.2, 0) is 6.42 Å². The maximum absolute atomic E-state index is 5.87. The molecule has 0 saturated heterocycles. The predicted molar refractivity (Wildman–Crippen MR) is 90.6 cm³/mol. The van der Waals surface area contributed by atoms with Gasteiger partial charge in [0.2, 0.25) is 0 Å². The molecule has 3 rings (SSSR count). The van der Waals surface area contributed by atoms with E-state index < -0.39 is 0 Å². The van der Waals surface area contributed by atoms with E-state index in [9.17, 15) is 0 Å². The molecule has 2 aromatic rings. The average molecular weight is 297 g/mol. The number of benzene rings is 1. The molecule has 21 heavy (non-hydrogen) atoms. The molecule has 3 nitrogen and oxygen atoms in total. The number of nitrogens with two attached hydrogens (primary N) is 1. The largest absolute Gasteiger partial charge is 0.389 e. The fourth-order valence-electron chi connectivity index (χ4n) is 3.05. The predicted octanol–water partition coefficient (Wildman–Crippen LogP) is 3.51. The first-order chi connectivity index (χ1) is 10.2. The first kappa shape index (κ1) is 14.0. The third kappa shape index (κ3) is 2.76. The Morgan fingerprint density at radius 3 is 2.95 bits per heavy atom. The molecule has 0 spiro atoms. The lowest BCUT2D eigenvalue weighted by Gasteiger charge is -2.27. The van der Waals surface area contributed by atoms with Crippen LogP contribution in [0.3, 0.4) is 0 Å². The maximum Gasteiger partial charge on any atom is 0.136 e. The van der Waals surface area contributed by atoms with Crippen molar-refractivity contribution in [2.24, 2.45) is 5.73 Å². The lowest BCUT2D eigenvalue weighted by atomic mass is 9.87. The summed E-state index contributed by atoms with van der Waals surface area (Å²) in [6, 6.07) is 10.8. The van der Waals surface area contributed by atoms with E-state index in [1.165, 1.54) is 17.5 Å². The number of rotatable bonds is 3. The topological polar surface area (TPSA) is 50.9 Å². The molecule has 3 N–H and O–H groups in total. The summed E-state index contributed by atoms with van der Waals surface area (Å²) < 4.78 is 0. The Balaban J connectivity index is 1.96. The van der Waals surface area contributed by atoms with Crippen LogP contribution in [0.1, 0.15) is 41.1 Å². The van der Waals surface area contributed by atoms with E-state index in [1.807, 2.05) is 13.0 Å². The smallest absolute Gasteiger partial charge is 0.136 e. The van der Waals surface area contributed by atoms with Crippen LogP contribution in [0.4, 0.5) is 5.82 Å². The second-order valence-corrected chi connectivity index (χ2v) is 5.94. The van der Waals surface area contributed by atoms with Crippen molar-refractivity contribution in [3.8, 4) is 0 Å². The van der Waals surface area contributed by atoms with Crippen molar-refractivity contribution in [3.05, 3.63) is 58.8 Å². The van der Waals surface area contributed by atoms with E-state index in [0.717, 1.165) is 29.8 Å². The number of fused-ring (bicyclic) bond motifs is 1. The van der Waals surface area contributed by atoms with Crippen LogP contribution in [0.2, 0.25) is 0 Å². The van der Waals surface area contributed by atoms with Crippen molar-refractivity contribution in [1.29, 1.82) is 0 Å². The zero-order valence-corrected chi connectivity index (χ0v) is 12.9. The summed E-state index contributed by atoms with van der Waals surface area (Å²) in [6.07, 6.45) is 5.23. The molecule has 1 atom stereocenters. The van der Waals surface area contributed by atoms with Gasteiger partial charge in [-0.2, -0.15) is 0 Å². The van der Waals surface area contributed by atoms with Gasteiger partial charge >= 0.3 is 0 Å². The molecule has 1 aromatic heterocycles. The van der Waals surface area contributed by atoms with Gasteiger partial charge in [-0.05, 0) is 48.9 Å². The van der Waals surface area contributed by atoms with Crippen molar-refractivity contribution in [2.45, 2.75) is 32.2 Å². The molecule has 1 unspecified atom stereocenters. The van der Waals surface area contributed by atoms with Crippen molar-refractivity contribution in [3.63, 3.8) is 0 Å². The van der Waals surface area contributed by atoms with Gasteiger partial charge < -0.3 is 11.1 Å². The number of anilines is 1. The van der Waals surface area contributed by atoms with Gasteiger partial charge in [0.05, 0.1) is 11.6 Å². The Kier molecular flexibility index (Phi) is 3.88. The van der Waals surface area contributed by atoms with Gasteiger partial charge in [-0.1, -0.05) is 36.5 Å². The summed E-state index contributed by atoms with van der Waals surface area (Å²) >= 11 is 5.18. The number of pyridine rings is 1. The zero-order valence-electron chi connectivity index (χ0n) is 12.1. The molecule has 1 aromatic carbocycles. The molecule has 1 aliphatic rings. The zero-order chi connectivity index (χ0) is 14.8. The van der Waals surface area contributed by atoms with Gasteiger partial charge in [-0.3, -0.25) is 0 Å². The molecule has 0 bridgehead atoms. The fraction of sp³-hybridized carbons (Fsp3) is 0.294. The highest BCUT2D eigenvalue weighted by atomic mass is 32.1. The monoisotopic (exact) mass is 297 g/mol. The molecule has 0 amide bonds. The van der Waals surface area contributed by atoms with Crippen LogP contribution >= 0.6 is 12.2 Å². The Morgan fingerprint density at radius 1 is 1.33 bits per heavy atom. The Bertz CT molecular complexity index is 681. The summed E-state index contributed by atoms with van der Waals surface area (Å²) in [6.45, 7) is 2.01. The van der Waals surface area contributed by atoms with E-state index >= 15 is 0 Å². The minimum atomic E-state index is 0.275. The molecule has 4 heteroatoms. The van der Waals surface area contributed by atoms with E-state index in [4.69, 9.17) is 18.0 Å². The molecule has 0 fully saturated rings. The molecule has 108 valence electrons.